The molecule has 1 heterocycles. The maximum Gasteiger partial charge on any atom is 0.268 e. The van der Waals surface area contributed by atoms with Gasteiger partial charge in [0.2, 0.25) is 5.91 Å². The van der Waals surface area contributed by atoms with Crippen LogP contribution >= 0.6 is 11.3 Å². The Labute approximate surface area is 265 Å². The molecule has 0 aliphatic rings. The summed E-state index contributed by atoms with van der Waals surface area (Å²) in [7, 11) is 2.05. The summed E-state index contributed by atoms with van der Waals surface area (Å²) in [6.45, 7) is 9.61. The van der Waals surface area contributed by atoms with Gasteiger partial charge in [0.1, 0.15) is 12.8 Å². The van der Waals surface area contributed by atoms with E-state index in [9.17, 15) is 4.79 Å². The predicted octanol–water partition coefficient (Wildman–Crippen LogP) is 6.80. The molecule has 0 spiro atoms. The Balaban J connectivity index is 0.00000616. The van der Waals surface area contributed by atoms with Crippen LogP contribution in [0.3, 0.4) is 0 Å². The third-order valence-electron chi connectivity index (χ3n) is 7.74. The van der Waals surface area contributed by atoms with E-state index in [-0.39, 0.29) is 23.7 Å². The summed E-state index contributed by atoms with van der Waals surface area (Å²) >= 11 is 1.71. The molecule has 0 saturated carbocycles. The standard InChI is InChI=1S/C36H52N2O2S.ClH/c1-6-7-8-9-10-11-12-13-14-15-16-17-25-40-33-28-31(36(2,3)4)21-18-30(33)27-34(39)37-32-22-19-29(20-23-32)35-38(5)24-26-41-35;/h18-24,26,28H,6-17,25,27H2,1-5H3;1H. The maximum absolute atomic E-state index is 13.0. The minimum Gasteiger partial charge on any atom is -1.00 e. The minimum absolute atomic E-state index is 0. The number of unbranched alkanes of at least 4 members (excludes halogenated alkanes) is 11. The van der Waals surface area contributed by atoms with Gasteiger partial charge in [-0.25, -0.2) is 0 Å². The van der Waals surface area contributed by atoms with Crippen LogP contribution in [0.25, 0.3) is 10.6 Å². The molecule has 0 radical (unpaired) electrons. The molecule has 42 heavy (non-hydrogen) atoms. The van der Waals surface area contributed by atoms with E-state index in [4.69, 9.17) is 4.74 Å². The van der Waals surface area contributed by atoms with E-state index in [2.05, 4.69) is 79.5 Å². The van der Waals surface area contributed by atoms with Gasteiger partial charge < -0.3 is 22.5 Å². The number of nitrogens with one attached hydrogen (secondary N) is 1. The number of rotatable bonds is 18. The van der Waals surface area contributed by atoms with Crippen molar-refractivity contribution < 1.29 is 26.5 Å². The highest BCUT2D eigenvalue weighted by Crippen LogP contribution is 2.30. The van der Waals surface area contributed by atoms with Crippen molar-refractivity contribution in [2.75, 3.05) is 11.9 Å². The van der Waals surface area contributed by atoms with Gasteiger partial charge in [0.25, 0.3) is 5.01 Å². The predicted molar refractivity (Wildman–Crippen MR) is 175 cm³/mol. The lowest BCUT2D eigenvalue weighted by molar-refractivity contribution is -0.655. The number of carbonyl (C=O) groups is 1. The fraction of sp³-hybridized carbons (Fsp3) is 0.556. The molecular formula is C36H53ClN2O2S. The number of carbonyl (C=O) groups excluding carboxylic acids is 1. The molecule has 0 fully saturated rings. The van der Waals surface area contributed by atoms with E-state index in [0.29, 0.717) is 13.0 Å². The van der Waals surface area contributed by atoms with E-state index in [1.54, 1.807) is 11.3 Å². The second-order valence-corrected chi connectivity index (χ2v) is 13.3. The minimum atomic E-state index is -0.0295. The van der Waals surface area contributed by atoms with Crippen LogP contribution < -0.4 is 27.0 Å². The lowest BCUT2D eigenvalue weighted by Crippen LogP contribution is -3.00. The number of aryl methyl sites for hydroxylation is 1. The molecule has 4 nitrogen and oxygen atoms in total. The normalized spacial score (nSPS) is 11.3. The smallest absolute Gasteiger partial charge is 0.268 e. The fourth-order valence-electron chi connectivity index (χ4n) is 5.11. The number of ether oxygens (including phenoxy) is 1. The molecule has 0 unspecified atom stereocenters. The molecule has 0 saturated heterocycles. The largest absolute Gasteiger partial charge is 1.00 e. The van der Waals surface area contributed by atoms with Crippen LogP contribution in [0.15, 0.2) is 54.0 Å². The topological polar surface area (TPSA) is 42.2 Å². The van der Waals surface area contributed by atoms with Crippen molar-refractivity contribution >= 4 is 22.9 Å². The van der Waals surface area contributed by atoms with Gasteiger partial charge in [-0.15, -0.1) is 0 Å². The molecule has 6 heteroatoms. The maximum atomic E-state index is 13.0. The number of thiazole rings is 1. The van der Waals surface area contributed by atoms with Crippen LogP contribution in [0.5, 0.6) is 5.75 Å². The molecule has 1 aromatic heterocycles. The monoisotopic (exact) mass is 612 g/mol. The van der Waals surface area contributed by atoms with Crippen molar-refractivity contribution in [2.45, 2.75) is 117 Å². The van der Waals surface area contributed by atoms with Crippen molar-refractivity contribution in [3.8, 4) is 16.3 Å². The number of anilines is 1. The first-order chi connectivity index (χ1) is 19.8. The van der Waals surface area contributed by atoms with Gasteiger partial charge in [-0.2, -0.15) is 4.57 Å². The fourth-order valence-corrected chi connectivity index (χ4v) is 5.98. The first-order valence-electron chi connectivity index (χ1n) is 15.9. The zero-order chi connectivity index (χ0) is 29.5. The van der Waals surface area contributed by atoms with Crippen molar-refractivity contribution in [1.82, 2.24) is 0 Å². The SMILES string of the molecule is CCCCCCCCCCCCCCOc1cc(C(C)(C)C)ccc1CC(=O)Nc1ccc(-c2scc[n+]2C)cc1.[Cl-]. The van der Waals surface area contributed by atoms with Crippen LogP contribution in [-0.2, 0) is 23.7 Å². The molecule has 0 aliphatic carbocycles. The van der Waals surface area contributed by atoms with Crippen molar-refractivity contribution in [2.24, 2.45) is 7.05 Å². The number of nitrogens with zero attached hydrogens (tertiary/aromatic N) is 1. The number of amides is 1. The molecule has 0 atom stereocenters. The molecular weight excluding hydrogens is 560 g/mol. The van der Waals surface area contributed by atoms with Gasteiger partial charge in [0.15, 0.2) is 6.20 Å². The molecule has 0 aliphatic heterocycles. The number of benzene rings is 2. The van der Waals surface area contributed by atoms with Crippen LogP contribution in [0.2, 0.25) is 0 Å². The zero-order valence-corrected chi connectivity index (χ0v) is 28.2. The molecule has 3 aromatic rings. The third kappa shape index (κ3) is 12.5. The number of hydrogen-bond donors (Lipinski definition) is 1. The Hall–Kier alpha value is -2.37. The van der Waals surface area contributed by atoms with E-state index in [0.717, 1.165) is 29.0 Å². The Morgan fingerprint density at radius 1 is 0.857 bits per heavy atom. The van der Waals surface area contributed by atoms with Crippen LogP contribution in [0.4, 0.5) is 5.69 Å². The van der Waals surface area contributed by atoms with Gasteiger partial charge in [-0.1, -0.05) is 122 Å². The number of halogens is 1. The van der Waals surface area contributed by atoms with Gasteiger partial charge in [-0.05, 0) is 47.7 Å². The van der Waals surface area contributed by atoms with Crippen LogP contribution in [-0.4, -0.2) is 12.5 Å². The summed E-state index contributed by atoms with van der Waals surface area (Å²) in [6, 6.07) is 14.4. The molecule has 1 N–H and O–H groups in total. The number of aromatic nitrogens is 1. The highest BCUT2D eigenvalue weighted by atomic mass is 35.5. The average Bonchev–Trinajstić information content (AvgIpc) is 3.37. The second kappa shape index (κ2) is 19.0. The summed E-state index contributed by atoms with van der Waals surface area (Å²) in [5, 5.41) is 6.34. The quantitative estimate of drug-likeness (QED) is 0.127. The lowest BCUT2D eigenvalue weighted by atomic mass is 9.86. The van der Waals surface area contributed by atoms with Gasteiger partial charge in [0, 0.05) is 11.3 Å². The third-order valence-corrected chi connectivity index (χ3v) is 8.74. The van der Waals surface area contributed by atoms with Gasteiger partial charge >= 0.3 is 0 Å². The average molecular weight is 613 g/mol. The summed E-state index contributed by atoms with van der Waals surface area (Å²) in [6.07, 6.45) is 18.3. The molecule has 3 rings (SSSR count). The van der Waals surface area contributed by atoms with Crippen molar-refractivity contribution in [3.05, 3.63) is 65.2 Å². The highest BCUT2D eigenvalue weighted by molar-refractivity contribution is 7.12. The van der Waals surface area contributed by atoms with Crippen LogP contribution in [0.1, 0.15) is 116 Å². The van der Waals surface area contributed by atoms with Gasteiger partial charge in [0.05, 0.1) is 24.0 Å². The second-order valence-electron chi connectivity index (χ2n) is 12.4. The summed E-state index contributed by atoms with van der Waals surface area (Å²) in [4.78, 5) is 13.0. The van der Waals surface area contributed by atoms with E-state index in [1.807, 2.05) is 19.2 Å². The summed E-state index contributed by atoms with van der Waals surface area (Å²) in [5.74, 6) is 0.814. The Bertz CT molecular complexity index is 1180. The van der Waals surface area contributed by atoms with E-state index < -0.39 is 0 Å². The molecule has 2 aromatic carbocycles. The highest BCUT2D eigenvalue weighted by Gasteiger charge is 2.18. The first kappa shape index (κ1) is 35.8. The Morgan fingerprint density at radius 2 is 1.45 bits per heavy atom. The van der Waals surface area contributed by atoms with Crippen molar-refractivity contribution in [1.29, 1.82) is 0 Å². The summed E-state index contributed by atoms with van der Waals surface area (Å²) < 4.78 is 8.41. The van der Waals surface area contributed by atoms with E-state index in [1.165, 1.54) is 81.2 Å². The zero-order valence-electron chi connectivity index (χ0n) is 26.6. The lowest BCUT2D eigenvalue weighted by Gasteiger charge is -2.21. The van der Waals surface area contributed by atoms with E-state index >= 15 is 0 Å². The van der Waals surface area contributed by atoms with Crippen molar-refractivity contribution in [3.63, 3.8) is 0 Å². The van der Waals surface area contributed by atoms with Crippen LogP contribution in [0, 0.1) is 0 Å². The molecule has 0 bridgehead atoms. The molecule has 232 valence electrons. The Kier molecular flexibility index (Phi) is 16.2. The first-order valence-corrected chi connectivity index (χ1v) is 16.8. The molecule has 1 amide bonds. The number of hydrogen-bond acceptors (Lipinski definition) is 3. The Morgan fingerprint density at radius 3 is 2.00 bits per heavy atom. The summed E-state index contributed by atoms with van der Waals surface area (Å²) in [5.41, 5.74) is 4.14. The van der Waals surface area contributed by atoms with Gasteiger partial charge in [-0.3, -0.25) is 4.79 Å².